The highest BCUT2D eigenvalue weighted by atomic mass is 16.5. The fourth-order valence-electron chi connectivity index (χ4n) is 2.33. The lowest BCUT2D eigenvalue weighted by Crippen LogP contribution is -2.45. The van der Waals surface area contributed by atoms with Gasteiger partial charge >= 0.3 is 5.97 Å². The maximum atomic E-state index is 12.3. The number of nitriles is 1. The summed E-state index contributed by atoms with van der Waals surface area (Å²) in [5, 5.41) is 8.47. The summed E-state index contributed by atoms with van der Waals surface area (Å²) in [5.74, 6) is -2.35. The molecule has 0 saturated heterocycles. The minimum Gasteiger partial charge on any atom is -0.454 e. The number of hydrogen-bond acceptors (Lipinski definition) is 6. The largest absolute Gasteiger partial charge is 0.454 e. The smallest absolute Gasteiger partial charge is 0.326 e. The van der Waals surface area contributed by atoms with E-state index < -0.39 is 36.8 Å². The zero-order chi connectivity index (χ0) is 18.4. The van der Waals surface area contributed by atoms with E-state index in [1.165, 1.54) is 11.9 Å². The van der Waals surface area contributed by atoms with Crippen LogP contribution in [-0.4, -0.2) is 60.2 Å². The van der Waals surface area contributed by atoms with E-state index in [2.05, 4.69) is 0 Å². The van der Waals surface area contributed by atoms with Crippen LogP contribution < -0.4 is 0 Å². The van der Waals surface area contributed by atoms with E-state index in [1.54, 1.807) is 24.3 Å². The molecule has 25 heavy (non-hydrogen) atoms. The number of likely N-dealkylation sites (N-methyl/N-ethyl adjacent to an activating group) is 1. The van der Waals surface area contributed by atoms with Gasteiger partial charge in [0.15, 0.2) is 6.61 Å². The molecule has 8 heteroatoms. The molecule has 0 fully saturated rings. The molecular weight excluding hydrogens is 326 g/mol. The first-order valence-electron chi connectivity index (χ1n) is 7.63. The van der Waals surface area contributed by atoms with Crippen molar-refractivity contribution < 1.29 is 23.9 Å². The van der Waals surface area contributed by atoms with E-state index in [-0.39, 0.29) is 19.4 Å². The Morgan fingerprint density at radius 1 is 1.32 bits per heavy atom. The summed E-state index contributed by atoms with van der Waals surface area (Å²) >= 11 is 0. The van der Waals surface area contributed by atoms with Gasteiger partial charge in [0.25, 0.3) is 11.8 Å². The number of esters is 1. The second kappa shape index (κ2) is 8.06. The van der Waals surface area contributed by atoms with Crippen LogP contribution in [0.3, 0.4) is 0 Å². The molecule has 0 radical (unpaired) electrons. The molecule has 1 aliphatic heterocycles. The average molecular weight is 343 g/mol. The van der Waals surface area contributed by atoms with Gasteiger partial charge in [-0.25, -0.2) is 0 Å². The number of carbonyl (C=O) groups excluding carboxylic acids is 4. The Labute approximate surface area is 144 Å². The highest BCUT2D eigenvalue weighted by Gasteiger charge is 2.32. The van der Waals surface area contributed by atoms with Crippen molar-refractivity contribution in [2.75, 3.05) is 26.7 Å². The topological polar surface area (TPSA) is 108 Å². The van der Waals surface area contributed by atoms with Gasteiger partial charge in [0.2, 0.25) is 5.91 Å². The fraction of sp³-hybridized carbons (Fsp3) is 0.353. The van der Waals surface area contributed by atoms with Crippen LogP contribution in [0.4, 0.5) is 0 Å². The molecule has 0 N–H and O–H groups in total. The maximum Gasteiger partial charge on any atom is 0.326 e. The Balaban J connectivity index is 1.91. The predicted molar refractivity (Wildman–Crippen MR) is 85.0 cm³/mol. The number of carbonyl (C=O) groups is 4. The minimum absolute atomic E-state index is 0.0328. The predicted octanol–water partition coefficient (Wildman–Crippen LogP) is 0.127. The standard InChI is InChI=1S/C17H17N3O5/c1-19(8-4-7-18)15(22)11-25-16(23)10-20-14(21)9-12-5-2-3-6-13(12)17(20)24/h2-3,5-6H,4,8-11H2,1H3. The molecule has 2 rings (SSSR count). The molecule has 1 aliphatic rings. The van der Waals surface area contributed by atoms with E-state index >= 15 is 0 Å². The van der Waals surface area contributed by atoms with Gasteiger partial charge in [0.1, 0.15) is 6.54 Å². The van der Waals surface area contributed by atoms with E-state index in [9.17, 15) is 19.2 Å². The van der Waals surface area contributed by atoms with Crippen LogP contribution in [0, 0.1) is 11.3 Å². The number of rotatable bonds is 6. The molecular formula is C17H17N3O5. The Hall–Kier alpha value is -3.21. The minimum atomic E-state index is -0.844. The van der Waals surface area contributed by atoms with Crippen LogP contribution in [-0.2, 0) is 25.5 Å². The van der Waals surface area contributed by atoms with Crippen LogP contribution in [0.1, 0.15) is 22.3 Å². The Morgan fingerprint density at radius 3 is 2.76 bits per heavy atom. The molecule has 0 aromatic heterocycles. The van der Waals surface area contributed by atoms with E-state index in [0.29, 0.717) is 11.1 Å². The van der Waals surface area contributed by atoms with Crippen molar-refractivity contribution in [3.8, 4) is 6.07 Å². The monoisotopic (exact) mass is 343 g/mol. The average Bonchev–Trinajstić information content (AvgIpc) is 2.61. The van der Waals surface area contributed by atoms with Gasteiger partial charge in [-0.05, 0) is 11.6 Å². The first kappa shape index (κ1) is 18.1. The van der Waals surface area contributed by atoms with Crippen molar-refractivity contribution in [3.63, 3.8) is 0 Å². The third-order valence-corrected chi connectivity index (χ3v) is 3.76. The lowest BCUT2D eigenvalue weighted by atomic mass is 9.98. The number of imide groups is 1. The van der Waals surface area contributed by atoms with Gasteiger partial charge in [-0.15, -0.1) is 0 Å². The normalized spacial score (nSPS) is 13.0. The van der Waals surface area contributed by atoms with E-state index in [4.69, 9.17) is 10.00 Å². The van der Waals surface area contributed by atoms with Gasteiger partial charge in [0.05, 0.1) is 18.9 Å². The summed E-state index contributed by atoms with van der Waals surface area (Å²) in [7, 11) is 1.49. The SMILES string of the molecule is CN(CCC#N)C(=O)COC(=O)CN1C(=O)Cc2ccccc2C1=O. The fourth-order valence-corrected chi connectivity index (χ4v) is 2.33. The quantitative estimate of drug-likeness (QED) is 0.536. The Bertz CT molecular complexity index is 753. The number of hydrogen-bond donors (Lipinski definition) is 0. The van der Waals surface area contributed by atoms with Crippen LogP contribution in [0.15, 0.2) is 24.3 Å². The summed E-state index contributed by atoms with van der Waals surface area (Å²) in [6.07, 6.45) is 0.206. The van der Waals surface area contributed by atoms with Gasteiger partial charge in [-0.1, -0.05) is 18.2 Å². The number of nitrogens with zero attached hydrogens (tertiary/aromatic N) is 3. The molecule has 130 valence electrons. The molecule has 0 unspecified atom stereocenters. The zero-order valence-corrected chi connectivity index (χ0v) is 13.7. The summed E-state index contributed by atoms with van der Waals surface area (Å²) < 4.78 is 4.83. The van der Waals surface area contributed by atoms with Gasteiger partial charge < -0.3 is 9.64 Å². The first-order valence-corrected chi connectivity index (χ1v) is 7.63. The van der Waals surface area contributed by atoms with Crippen LogP contribution in [0.25, 0.3) is 0 Å². The third-order valence-electron chi connectivity index (χ3n) is 3.76. The summed E-state index contributed by atoms with van der Waals surface area (Å²) in [4.78, 5) is 50.1. The van der Waals surface area contributed by atoms with Crippen molar-refractivity contribution in [2.45, 2.75) is 12.8 Å². The third kappa shape index (κ3) is 4.41. The molecule has 0 aliphatic carbocycles. The van der Waals surface area contributed by atoms with Crippen molar-refractivity contribution in [2.24, 2.45) is 0 Å². The Kier molecular flexibility index (Phi) is 5.84. The van der Waals surface area contributed by atoms with Crippen LogP contribution in [0.5, 0.6) is 0 Å². The zero-order valence-electron chi connectivity index (χ0n) is 13.7. The number of amides is 3. The molecule has 1 aromatic carbocycles. The van der Waals surface area contributed by atoms with Crippen molar-refractivity contribution in [3.05, 3.63) is 35.4 Å². The van der Waals surface area contributed by atoms with Gasteiger partial charge in [-0.2, -0.15) is 5.26 Å². The van der Waals surface area contributed by atoms with E-state index in [1.807, 2.05) is 6.07 Å². The number of ether oxygens (including phenoxy) is 1. The molecule has 0 atom stereocenters. The molecule has 0 spiro atoms. The molecule has 1 heterocycles. The second-order valence-electron chi connectivity index (χ2n) is 5.50. The molecule has 1 aromatic rings. The lowest BCUT2D eigenvalue weighted by Gasteiger charge is -2.26. The number of fused-ring (bicyclic) bond motifs is 1. The highest BCUT2D eigenvalue weighted by molar-refractivity contribution is 6.11. The molecule has 0 saturated carbocycles. The summed E-state index contributed by atoms with van der Waals surface area (Å²) in [6, 6.07) is 8.60. The van der Waals surface area contributed by atoms with Crippen molar-refractivity contribution in [1.29, 1.82) is 5.26 Å². The second-order valence-corrected chi connectivity index (χ2v) is 5.50. The van der Waals surface area contributed by atoms with Gasteiger partial charge in [0, 0.05) is 19.2 Å². The van der Waals surface area contributed by atoms with Crippen LogP contribution >= 0.6 is 0 Å². The van der Waals surface area contributed by atoms with Crippen LogP contribution in [0.2, 0.25) is 0 Å². The highest BCUT2D eigenvalue weighted by Crippen LogP contribution is 2.19. The van der Waals surface area contributed by atoms with E-state index in [0.717, 1.165) is 4.90 Å². The maximum absolute atomic E-state index is 12.3. The lowest BCUT2D eigenvalue weighted by molar-refractivity contribution is -0.153. The molecule has 3 amide bonds. The molecule has 8 nitrogen and oxygen atoms in total. The summed E-state index contributed by atoms with van der Waals surface area (Å²) in [5.41, 5.74) is 0.999. The molecule has 0 bridgehead atoms. The van der Waals surface area contributed by atoms with Crippen molar-refractivity contribution >= 4 is 23.7 Å². The van der Waals surface area contributed by atoms with Crippen molar-refractivity contribution in [1.82, 2.24) is 9.80 Å². The number of benzene rings is 1. The summed E-state index contributed by atoms with van der Waals surface area (Å²) in [6.45, 7) is -0.818. The Morgan fingerprint density at radius 2 is 2.04 bits per heavy atom. The first-order chi connectivity index (χ1) is 11.9. The van der Waals surface area contributed by atoms with Gasteiger partial charge in [-0.3, -0.25) is 24.1 Å².